The van der Waals surface area contributed by atoms with Crippen molar-refractivity contribution in [2.45, 2.75) is 46.5 Å². The normalized spacial score (nSPS) is 10.6. The van der Waals surface area contributed by atoms with E-state index in [9.17, 15) is 4.79 Å². The topological polar surface area (TPSA) is 59.6 Å². The van der Waals surface area contributed by atoms with Crippen molar-refractivity contribution in [1.29, 1.82) is 0 Å². The predicted octanol–water partition coefficient (Wildman–Crippen LogP) is 6.57. The molecule has 0 aromatic heterocycles. The first-order valence-corrected chi connectivity index (χ1v) is 11.9. The Bertz CT molecular complexity index is 856. The molecule has 0 atom stereocenters. The van der Waals surface area contributed by atoms with Gasteiger partial charge in [0.2, 0.25) is 0 Å². The molecular formula is C24H31BrN2O3S. The van der Waals surface area contributed by atoms with E-state index in [1.807, 2.05) is 24.3 Å². The van der Waals surface area contributed by atoms with Gasteiger partial charge in [-0.1, -0.05) is 40.0 Å². The van der Waals surface area contributed by atoms with Crippen LogP contribution in [0.25, 0.3) is 0 Å². The van der Waals surface area contributed by atoms with E-state index in [4.69, 9.17) is 21.7 Å². The Morgan fingerprint density at radius 2 is 1.81 bits per heavy atom. The lowest BCUT2D eigenvalue weighted by atomic mass is 10.2. The molecule has 1 amide bonds. The van der Waals surface area contributed by atoms with Crippen LogP contribution in [-0.2, 0) is 0 Å². The molecule has 0 saturated heterocycles. The number of hydrogen-bond donors (Lipinski definition) is 2. The Labute approximate surface area is 199 Å². The average Bonchev–Trinajstić information content (AvgIpc) is 2.73. The number of carbonyl (C=O) groups is 1. The number of anilines is 1. The van der Waals surface area contributed by atoms with E-state index in [1.165, 1.54) is 12.8 Å². The van der Waals surface area contributed by atoms with Gasteiger partial charge in [0, 0.05) is 11.3 Å². The predicted molar refractivity (Wildman–Crippen MR) is 134 cm³/mol. The van der Waals surface area contributed by atoms with E-state index in [2.05, 4.69) is 47.3 Å². The first-order valence-electron chi connectivity index (χ1n) is 10.7. The maximum Gasteiger partial charge on any atom is 0.257 e. The smallest absolute Gasteiger partial charge is 0.257 e. The van der Waals surface area contributed by atoms with Gasteiger partial charge in [-0.25, -0.2) is 0 Å². The van der Waals surface area contributed by atoms with Crippen molar-refractivity contribution in [3.05, 3.63) is 52.5 Å². The van der Waals surface area contributed by atoms with Crippen molar-refractivity contribution < 1.29 is 14.3 Å². The highest BCUT2D eigenvalue weighted by Gasteiger charge is 2.11. The van der Waals surface area contributed by atoms with Crippen LogP contribution in [0.5, 0.6) is 11.5 Å². The number of nitrogens with one attached hydrogen (secondary N) is 2. The Morgan fingerprint density at radius 3 is 2.45 bits per heavy atom. The maximum absolute atomic E-state index is 12.5. The third-order valence-corrected chi connectivity index (χ3v) is 5.20. The molecule has 0 saturated carbocycles. The summed E-state index contributed by atoms with van der Waals surface area (Å²) >= 11 is 8.75. The minimum absolute atomic E-state index is 0.230. The number of ether oxygens (including phenoxy) is 2. The third kappa shape index (κ3) is 9.27. The molecule has 2 aromatic carbocycles. The van der Waals surface area contributed by atoms with Gasteiger partial charge in [0.15, 0.2) is 5.11 Å². The third-order valence-electron chi connectivity index (χ3n) is 4.37. The molecule has 0 spiro atoms. The average molecular weight is 507 g/mol. The van der Waals surface area contributed by atoms with Crippen molar-refractivity contribution in [2.75, 3.05) is 18.5 Å². The number of hydrogen-bond acceptors (Lipinski definition) is 4. The van der Waals surface area contributed by atoms with Crippen LogP contribution in [0.4, 0.5) is 5.69 Å². The molecule has 2 N–H and O–H groups in total. The molecule has 168 valence electrons. The van der Waals surface area contributed by atoms with Gasteiger partial charge in [-0.2, -0.15) is 0 Å². The van der Waals surface area contributed by atoms with E-state index in [0.29, 0.717) is 24.7 Å². The van der Waals surface area contributed by atoms with Crippen molar-refractivity contribution in [2.24, 2.45) is 5.92 Å². The summed E-state index contributed by atoms with van der Waals surface area (Å²) in [6, 6.07) is 12.7. The quantitative estimate of drug-likeness (QED) is 0.266. The molecule has 0 aliphatic heterocycles. The summed E-state index contributed by atoms with van der Waals surface area (Å²) in [6.07, 6.45) is 4.59. The fraction of sp³-hybridized carbons (Fsp3) is 0.417. The molecule has 0 fully saturated rings. The zero-order valence-corrected chi connectivity index (χ0v) is 20.8. The molecule has 2 rings (SSSR count). The van der Waals surface area contributed by atoms with Crippen LogP contribution in [0.2, 0.25) is 0 Å². The molecule has 0 aliphatic carbocycles. The van der Waals surface area contributed by atoms with Gasteiger partial charge in [-0.3, -0.25) is 10.1 Å². The summed E-state index contributed by atoms with van der Waals surface area (Å²) in [5, 5.41) is 5.94. The lowest BCUT2D eigenvalue weighted by molar-refractivity contribution is 0.0977. The van der Waals surface area contributed by atoms with Crippen molar-refractivity contribution in [3.8, 4) is 11.5 Å². The largest absolute Gasteiger partial charge is 0.493 e. The highest BCUT2D eigenvalue weighted by atomic mass is 79.9. The molecule has 0 aliphatic rings. The van der Waals surface area contributed by atoms with E-state index in [0.717, 1.165) is 34.5 Å². The molecule has 0 radical (unpaired) electrons. The van der Waals surface area contributed by atoms with Crippen molar-refractivity contribution in [3.63, 3.8) is 0 Å². The van der Waals surface area contributed by atoms with Crippen molar-refractivity contribution in [1.82, 2.24) is 5.32 Å². The van der Waals surface area contributed by atoms with Crippen LogP contribution in [0.3, 0.4) is 0 Å². The van der Waals surface area contributed by atoms with Crippen LogP contribution in [0.1, 0.15) is 56.8 Å². The molecular weight excluding hydrogens is 476 g/mol. The summed E-state index contributed by atoms with van der Waals surface area (Å²) in [7, 11) is 0. The first kappa shape index (κ1) is 25.1. The monoisotopic (exact) mass is 506 g/mol. The number of carbonyl (C=O) groups excluding carboxylic acids is 1. The SMILES string of the molecule is CCCCCCOc1ccc(C(=O)NC(=S)Nc2ccc(OCC(C)C)cc2)cc1Br. The minimum atomic E-state index is -0.287. The highest BCUT2D eigenvalue weighted by Crippen LogP contribution is 2.26. The molecule has 0 unspecified atom stereocenters. The highest BCUT2D eigenvalue weighted by molar-refractivity contribution is 9.10. The lowest BCUT2D eigenvalue weighted by Crippen LogP contribution is -2.34. The van der Waals surface area contributed by atoms with Gasteiger partial charge in [0.1, 0.15) is 11.5 Å². The second-order valence-electron chi connectivity index (χ2n) is 7.69. The van der Waals surface area contributed by atoms with Crippen molar-refractivity contribution >= 4 is 44.9 Å². The second kappa shape index (κ2) is 13.3. The van der Waals surface area contributed by atoms with Gasteiger partial charge in [-0.15, -0.1) is 0 Å². The molecule has 0 heterocycles. The van der Waals surface area contributed by atoms with Crippen LogP contribution in [-0.4, -0.2) is 24.2 Å². The zero-order valence-electron chi connectivity index (χ0n) is 18.4. The van der Waals surface area contributed by atoms with E-state index >= 15 is 0 Å². The Balaban J connectivity index is 1.83. The fourth-order valence-corrected chi connectivity index (χ4v) is 3.41. The molecule has 0 bridgehead atoms. The number of thiocarbonyl (C=S) groups is 1. The van der Waals surface area contributed by atoms with Crippen LogP contribution >= 0.6 is 28.1 Å². The summed E-state index contributed by atoms with van der Waals surface area (Å²) in [4.78, 5) is 12.5. The number of amides is 1. The van der Waals surface area contributed by atoms with E-state index in [1.54, 1.807) is 18.2 Å². The number of unbranched alkanes of at least 4 members (excludes halogenated alkanes) is 3. The molecule has 7 heteroatoms. The second-order valence-corrected chi connectivity index (χ2v) is 8.95. The molecule has 5 nitrogen and oxygen atoms in total. The lowest BCUT2D eigenvalue weighted by Gasteiger charge is -2.12. The minimum Gasteiger partial charge on any atom is -0.493 e. The van der Waals surface area contributed by atoms with Gasteiger partial charge in [0.05, 0.1) is 17.7 Å². The Morgan fingerprint density at radius 1 is 1.06 bits per heavy atom. The van der Waals surface area contributed by atoms with Gasteiger partial charge in [0.25, 0.3) is 5.91 Å². The fourth-order valence-electron chi connectivity index (χ4n) is 2.71. The van der Waals surface area contributed by atoms with Gasteiger partial charge >= 0.3 is 0 Å². The maximum atomic E-state index is 12.5. The molecule has 31 heavy (non-hydrogen) atoms. The van der Waals surface area contributed by atoms with Crippen LogP contribution in [0.15, 0.2) is 46.9 Å². The van der Waals surface area contributed by atoms with Crippen LogP contribution < -0.4 is 20.1 Å². The molecule has 2 aromatic rings. The number of rotatable bonds is 11. The summed E-state index contributed by atoms with van der Waals surface area (Å²) < 4.78 is 12.2. The van der Waals surface area contributed by atoms with Gasteiger partial charge in [-0.05, 0) is 83.0 Å². The Hall–Kier alpha value is -2.12. The standard InChI is InChI=1S/C24H31BrN2O3S/c1-4-5-6-7-14-29-22-13-8-18(15-21(22)25)23(28)27-24(31)26-19-9-11-20(12-10-19)30-16-17(2)3/h8-13,15,17H,4-7,14,16H2,1-3H3,(H2,26,27,28,31). The Kier molecular flexibility index (Phi) is 10.8. The zero-order chi connectivity index (χ0) is 22.6. The van der Waals surface area contributed by atoms with E-state index < -0.39 is 0 Å². The van der Waals surface area contributed by atoms with Crippen LogP contribution in [0, 0.1) is 5.92 Å². The number of benzene rings is 2. The van der Waals surface area contributed by atoms with Gasteiger partial charge < -0.3 is 14.8 Å². The summed E-state index contributed by atoms with van der Waals surface area (Å²) in [5.74, 6) is 1.71. The summed E-state index contributed by atoms with van der Waals surface area (Å²) in [5.41, 5.74) is 1.27. The van der Waals surface area contributed by atoms with E-state index in [-0.39, 0.29) is 11.0 Å². The summed E-state index contributed by atoms with van der Waals surface area (Å²) in [6.45, 7) is 7.72. The first-order chi connectivity index (χ1) is 14.9. The number of halogens is 1.